The van der Waals surface area contributed by atoms with Crippen LogP contribution in [-0.4, -0.2) is 42.3 Å². The maximum atomic E-state index is 10.7. The van der Waals surface area contributed by atoms with Crippen LogP contribution >= 0.6 is 0 Å². The van der Waals surface area contributed by atoms with Crippen LogP contribution in [0.2, 0.25) is 0 Å². The normalized spacial score (nSPS) is 36.7. The lowest BCUT2D eigenvalue weighted by Gasteiger charge is -2.53. The molecule has 1 aromatic carbocycles. The number of hydrogen-bond acceptors (Lipinski definition) is 5. The summed E-state index contributed by atoms with van der Waals surface area (Å²) in [5.41, 5.74) is 1.95. The molecular weight excluding hydrogens is 438 g/mol. The summed E-state index contributed by atoms with van der Waals surface area (Å²) < 4.78 is 19.6. The summed E-state index contributed by atoms with van der Waals surface area (Å²) in [5, 5.41) is 10.7. The Morgan fingerprint density at radius 3 is 2.49 bits per heavy atom. The number of hydrogen-bond donors (Lipinski definition) is 1. The summed E-state index contributed by atoms with van der Waals surface area (Å²) in [4.78, 5) is 2.30. The van der Waals surface area contributed by atoms with E-state index in [-0.39, 0.29) is 18.7 Å². The summed E-state index contributed by atoms with van der Waals surface area (Å²) in [6.45, 7) is 17.0. The molecule has 3 unspecified atom stereocenters. The third kappa shape index (κ3) is 6.06. The molecule has 1 aliphatic carbocycles. The monoisotopic (exact) mass is 487 g/mol. The topological polar surface area (TPSA) is 51.2 Å². The summed E-state index contributed by atoms with van der Waals surface area (Å²) in [7, 11) is 0. The fourth-order valence-electron chi connectivity index (χ4n) is 6.85. The van der Waals surface area contributed by atoms with Crippen LogP contribution in [0.5, 0.6) is 5.75 Å². The zero-order chi connectivity index (χ0) is 25.1. The first kappa shape index (κ1) is 26.9. The van der Waals surface area contributed by atoms with Crippen molar-refractivity contribution in [2.24, 2.45) is 35.5 Å². The first-order valence-electron chi connectivity index (χ1n) is 14.3. The van der Waals surface area contributed by atoms with Crippen molar-refractivity contribution in [3.8, 4) is 5.75 Å². The quantitative estimate of drug-likeness (QED) is 0.461. The van der Waals surface area contributed by atoms with Gasteiger partial charge in [-0.3, -0.25) is 4.90 Å². The van der Waals surface area contributed by atoms with E-state index in [1.165, 1.54) is 25.7 Å². The van der Waals surface area contributed by atoms with Crippen molar-refractivity contribution in [3.05, 3.63) is 29.3 Å². The van der Waals surface area contributed by atoms with Gasteiger partial charge in [-0.05, 0) is 74.6 Å². The molecule has 198 valence electrons. The van der Waals surface area contributed by atoms with E-state index in [4.69, 9.17) is 14.2 Å². The average molecular weight is 488 g/mol. The number of rotatable bonds is 7. The first-order valence-corrected chi connectivity index (χ1v) is 14.3. The van der Waals surface area contributed by atoms with Gasteiger partial charge in [-0.1, -0.05) is 59.6 Å². The van der Waals surface area contributed by atoms with E-state index in [1.54, 1.807) is 0 Å². The molecule has 5 heteroatoms. The fourth-order valence-corrected chi connectivity index (χ4v) is 6.85. The van der Waals surface area contributed by atoms with Gasteiger partial charge in [-0.25, -0.2) is 0 Å². The second-order valence-corrected chi connectivity index (χ2v) is 11.7. The predicted molar refractivity (Wildman–Crippen MR) is 140 cm³/mol. The van der Waals surface area contributed by atoms with E-state index in [2.05, 4.69) is 52.5 Å². The zero-order valence-corrected chi connectivity index (χ0v) is 22.9. The van der Waals surface area contributed by atoms with Crippen LogP contribution in [-0.2, 0) is 20.8 Å². The van der Waals surface area contributed by atoms with E-state index in [0.717, 1.165) is 49.7 Å². The molecule has 2 heterocycles. The summed E-state index contributed by atoms with van der Waals surface area (Å²) >= 11 is 0. The summed E-state index contributed by atoms with van der Waals surface area (Å²) in [6, 6.07) is 6.01. The molecule has 0 aromatic heterocycles. The first-order chi connectivity index (χ1) is 16.8. The van der Waals surface area contributed by atoms with Crippen LogP contribution in [0.4, 0.5) is 0 Å². The van der Waals surface area contributed by atoms with Gasteiger partial charge in [0.2, 0.25) is 0 Å². The van der Waals surface area contributed by atoms with Crippen molar-refractivity contribution in [1.29, 1.82) is 0 Å². The molecule has 4 rings (SSSR count). The molecule has 2 saturated heterocycles. The van der Waals surface area contributed by atoms with E-state index >= 15 is 0 Å². The molecule has 0 bridgehead atoms. The fraction of sp³-hybridized carbons (Fsp3) is 0.800. The number of phenolic OH excluding ortho intramolecular Hbond substituents is 1. The van der Waals surface area contributed by atoms with E-state index < -0.39 is 0 Å². The molecule has 0 radical (unpaired) electrons. The van der Waals surface area contributed by atoms with Crippen molar-refractivity contribution in [1.82, 2.24) is 4.90 Å². The Morgan fingerprint density at radius 2 is 1.77 bits per heavy atom. The lowest BCUT2D eigenvalue weighted by atomic mass is 9.61. The number of ether oxygens (including phenoxy) is 3. The average Bonchev–Trinajstić information content (AvgIpc) is 2.92. The minimum absolute atomic E-state index is 0.165. The van der Waals surface area contributed by atoms with Crippen molar-refractivity contribution in [3.63, 3.8) is 0 Å². The molecule has 1 N–H and O–H groups in total. The van der Waals surface area contributed by atoms with Gasteiger partial charge >= 0.3 is 0 Å². The third-order valence-corrected chi connectivity index (χ3v) is 9.45. The maximum absolute atomic E-state index is 10.7. The van der Waals surface area contributed by atoms with Crippen molar-refractivity contribution >= 4 is 0 Å². The maximum Gasteiger partial charge on any atom is 0.164 e. The lowest BCUT2D eigenvalue weighted by Crippen LogP contribution is -2.54. The SMILES string of the molecule is CCN(CC)Cc1ccc(C(C)O[C@@H]2O[C@@H]3OCCC(C)CC[C@@H]4C3[C@@H](CC[C@H]4C)[C@H]2C)cc1O. The molecular formula is C30H49NO4. The highest BCUT2D eigenvalue weighted by Gasteiger charge is 2.51. The highest BCUT2D eigenvalue weighted by Crippen LogP contribution is 2.52. The van der Waals surface area contributed by atoms with Crippen molar-refractivity contribution in [2.45, 2.75) is 98.9 Å². The van der Waals surface area contributed by atoms with Crippen LogP contribution < -0.4 is 0 Å². The molecule has 0 amide bonds. The van der Waals surface area contributed by atoms with E-state index in [9.17, 15) is 5.11 Å². The number of phenols is 1. The second-order valence-electron chi connectivity index (χ2n) is 11.7. The number of nitrogens with zero attached hydrogens (tertiary/aromatic N) is 1. The van der Waals surface area contributed by atoms with E-state index in [1.807, 2.05) is 12.1 Å². The minimum Gasteiger partial charge on any atom is -0.508 e. The summed E-state index contributed by atoms with van der Waals surface area (Å²) in [5.74, 6) is 3.84. The second kappa shape index (κ2) is 11.9. The zero-order valence-electron chi connectivity index (χ0n) is 22.9. The lowest BCUT2D eigenvalue weighted by molar-refractivity contribution is -0.339. The van der Waals surface area contributed by atoms with Gasteiger partial charge in [0.25, 0.3) is 0 Å². The highest BCUT2D eigenvalue weighted by atomic mass is 16.8. The van der Waals surface area contributed by atoms with Gasteiger partial charge in [0.15, 0.2) is 12.6 Å². The Hall–Kier alpha value is -1.14. The largest absolute Gasteiger partial charge is 0.508 e. The highest BCUT2D eigenvalue weighted by molar-refractivity contribution is 5.37. The Kier molecular flexibility index (Phi) is 9.18. The number of benzene rings is 1. The van der Waals surface area contributed by atoms with Crippen LogP contribution in [0.15, 0.2) is 18.2 Å². The van der Waals surface area contributed by atoms with Crippen LogP contribution in [0.3, 0.4) is 0 Å². The Labute approximate surface area is 213 Å². The van der Waals surface area contributed by atoms with Crippen molar-refractivity contribution in [2.75, 3.05) is 19.7 Å². The molecule has 9 atom stereocenters. The van der Waals surface area contributed by atoms with Crippen LogP contribution in [0.1, 0.15) is 90.9 Å². The smallest absolute Gasteiger partial charge is 0.164 e. The van der Waals surface area contributed by atoms with Crippen molar-refractivity contribution < 1.29 is 19.3 Å². The van der Waals surface area contributed by atoms with Gasteiger partial charge in [0, 0.05) is 23.9 Å². The van der Waals surface area contributed by atoms with Gasteiger partial charge in [-0.15, -0.1) is 0 Å². The third-order valence-electron chi connectivity index (χ3n) is 9.45. The predicted octanol–water partition coefficient (Wildman–Crippen LogP) is 6.75. The van der Waals surface area contributed by atoms with Crippen LogP contribution in [0, 0.1) is 35.5 Å². The van der Waals surface area contributed by atoms with Gasteiger partial charge in [0.05, 0.1) is 12.7 Å². The summed E-state index contributed by atoms with van der Waals surface area (Å²) in [6.07, 6.45) is 5.60. The Morgan fingerprint density at radius 1 is 1.03 bits per heavy atom. The van der Waals surface area contributed by atoms with E-state index in [0.29, 0.717) is 35.3 Å². The molecule has 0 spiro atoms. The standard InChI is InChI=1S/C30H49NO4/c1-7-31(8-2)18-24-12-11-23(17-27(24)32)22(6)34-29-21(5)26-14-10-20(4)25-13-9-19(3)15-16-33-30(35-29)28(25)26/h11-12,17,19-22,25-26,28-30,32H,7-10,13-16,18H2,1-6H3/t19?,20-,21-,22?,25+,26+,28?,29-,30+/m1/s1. The molecule has 3 fully saturated rings. The Balaban J connectivity index is 1.47. The Bertz CT molecular complexity index is 812. The van der Waals surface area contributed by atoms with Gasteiger partial charge in [0.1, 0.15) is 5.75 Å². The molecule has 3 aliphatic rings. The molecule has 1 saturated carbocycles. The van der Waals surface area contributed by atoms with Gasteiger partial charge < -0.3 is 19.3 Å². The minimum atomic E-state index is -0.291. The molecule has 35 heavy (non-hydrogen) atoms. The molecule has 2 aliphatic heterocycles. The van der Waals surface area contributed by atoms with Crippen LogP contribution in [0.25, 0.3) is 0 Å². The van der Waals surface area contributed by atoms with Gasteiger partial charge in [-0.2, -0.15) is 0 Å². The molecule has 1 aromatic rings. The molecule has 5 nitrogen and oxygen atoms in total. The number of aromatic hydroxyl groups is 1.